The maximum atomic E-state index is 13.7. The number of rotatable bonds is 10. The maximum absolute atomic E-state index is 13.7. The molecule has 1 heterocycles. The summed E-state index contributed by atoms with van der Waals surface area (Å²) in [5.74, 6) is 0.465. The number of nitrogens with zero attached hydrogens (tertiary/aromatic N) is 2. The number of ether oxygens (including phenoxy) is 3. The maximum Gasteiger partial charge on any atom is 0.244 e. The molecule has 0 aromatic heterocycles. The zero-order valence-corrected chi connectivity index (χ0v) is 22.9. The SMILES string of the molecule is CCS(=O)(=O)N(CC(=O)N(Cc1ccc(OC)cc1)C(C)C(=O)NC(C)(C)C)c1ccc2c(c1)OCO2. The van der Waals surface area contributed by atoms with Gasteiger partial charge >= 0.3 is 0 Å². The van der Waals surface area contributed by atoms with Crippen molar-refractivity contribution in [1.82, 2.24) is 10.2 Å². The van der Waals surface area contributed by atoms with E-state index in [2.05, 4.69) is 5.32 Å². The topological polar surface area (TPSA) is 114 Å². The number of carbonyl (C=O) groups is 2. The molecule has 37 heavy (non-hydrogen) atoms. The summed E-state index contributed by atoms with van der Waals surface area (Å²) >= 11 is 0. The van der Waals surface area contributed by atoms with Gasteiger partial charge in [-0.2, -0.15) is 0 Å². The minimum absolute atomic E-state index is 0.0360. The van der Waals surface area contributed by atoms with Crippen molar-refractivity contribution in [2.24, 2.45) is 0 Å². The molecular weight excluding hydrogens is 498 g/mol. The molecule has 0 saturated heterocycles. The number of methoxy groups -OCH3 is 1. The van der Waals surface area contributed by atoms with Gasteiger partial charge in [0.05, 0.1) is 18.6 Å². The second-order valence-electron chi connectivity index (χ2n) is 9.73. The van der Waals surface area contributed by atoms with Crippen molar-refractivity contribution in [2.75, 3.05) is 30.5 Å². The molecule has 0 aliphatic carbocycles. The summed E-state index contributed by atoms with van der Waals surface area (Å²) < 4.78 is 43.1. The largest absolute Gasteiger partial charge is 0.497 e. The second-order valence-corrected chi connectivity index (χ2v) is 11.9. The van der Waals surface area contributed by atoms with Crippen molar-refractivity contribution >= 4 is 27.5 Å². The highest BCUT2D eigenvalue weighted by molar-refractivity contribution is 7.92. The third-order valence-electron chi connectivity index (χ3n) is 5.80. The van der Waals surface area contributed by atoms with Gasteiger partial charge < -0.3 is 24.4 Å². The molecule has 2 aromatic carbocycles. The van der Waals surface area contributed by atoms with Gasteiger partial charge in [-0.25, -0.2) is 8.42 Å². The van der Waals surface area contributed by atoms with Gasteiger partial charge in [0.15, 0.2) is 11.5 Å². The molecule has 3 rings (SSSR count). The van der Waals surface area contributed by atoms with E-state index in [1.165, 1.54) is 17.9 Å². The van der Waals surface area contributed by atoms with Gasteiger partial charge in [-0.15, -0.1) is 0 Å². The fourth-order valence-corrected chi connectivity index (χ4v) is 4.80. The Bertz CT molecular complexity index is 1220. The molecule has 202 valence electrons. The standard InChI is InChI=1S/C26H35N3O7S/c1-7-37(32,33)29(20-10-13-22-23(14-20)36-17-35-22)16-24(30)28(18(2)25(31)27-26(3,4)5)15-19-8-11-21(34-6)12-9-19/h8-14,18H,7,15-17H2,1-6H3,(H,27,31). The fraction of sp³-hybridized carbons (Fsp3) is 0.462. The smallest absolute Gasteiger partial charge is 0.244 e. The highest BCUT2D eigenvalue weighted by atomic mass is 32.2. The summed E-state index contributed by atoms with van der Waals surface area (Å²) in [6, 6.07) is 11.0. The molecule has 1 aliphatic heterocycles. The molecule has 1 atom stereocenters. The van der Waals surface area contributed by atoms with Crippen LogP contribution in [0.4, 0.5) is 5.69 Å². The summed E-state index contributed by atoms with van der Waals surface area (Å²) in [5.41, 5.74) is 0.526. The molecule has 2 aromatic rings. The van der Waals surface area contributed by atoms with Gasteiger partial charge in [0.1, 0.15) is 18.3 Å². The van der Waals surface area contributed by atoms with E-state index in [0.29, 0.717) is 17.2 Å². The van der Waals surface area contributed by atoms with Gasteiger partial charge in [0, 0.05) is 18.2 Å². The number of fused-ring (bicyclic) bond motifs is 1. The predicted octanol–water partition coefficient (Wildman–Crippen LogP) is 2.91. The average Bonchev–Trinajstić information content (AvgIpc) is 3.32. The van der Waals surface area contributed by atoms with E-state index < -0.39 is 34.1 Å². The van der Waals surface area contributed by atoms with E-state index in [-0.39, 0.29) is 30.7 Å². The summed E-state index contributed by atoms with van der Waals surface area (Å²) in [4.78, 5) is 28.1. The molecule has 0 saturated carbocycles. The number of carbonyl (C=O) groups excluding carboxylic acids is 2. The summed E-state index contributed by atoms with van der Waals surface area (Å²) in [5, 5.41) is 2.90. The Morgan fingerprint density at radius 3 is 2.32 bits per heavy atom. The van der Waals surface area contributed by atoms with Crippen molar-refractivity contribution in [1.29, 1.82) is 0 Å². The number of hydrogen-bond donors (Lipinski definition) is 1. The molecule has 0 bridgehead atoms. The lowest BCUT2D eigenvalue weighted by Gasteiger charge is -2.33. The third kappa shape index (κ3) is 7.06. The number of benzene rings is 2. The number of sulfonamides is 1. The minimum atomic E-state index is -3.84. The Hall–Kier alpha value is -3.47. The van der Waals surface area contributed by atoms with Crippen molar-refractivity contribution in [3.8, 4) is 17.2 Å². The third-order valence-corrected chi connectivity index (χ3v) is 7.54. The van der Waals surface area contributed by atoms with Crippen molar-refractivity contribution in [3.63, 3.8) is 0 Å². The van der Waals surface area contributed by atoms with E-state index in [4.69, 9.17) is 14.2 Å². The van der Waals surface area contributed by atoms with Crippen molar-refractivity contribution in [2.45, 2.75) is 52.7 Å². The van der Waals surface area contributed by atoms with E-state index in [9.17, 15) is 18.0 Å². The first-order valence-electron chi connectivity index (χ1n) is 12.0. The van der Waals surface area contributed by atoms with Gasteiger partial charge in [-0.3, -0.25) is 13.9 Å². The van der Waals surface area contributed by atoms with Crippen LogP contribution in [-0.4, -0.2) is 62.9 Å². The molecule has 1 aliphatic rings. The van der Waals surface area contributed by atoms with Crippen LogP contribution in [0.3, 0.4) is 0 Å². The van der Waals surface area contributed by atoms with Crippen LogP contribution >= 0.6 is 0 Å². The Morgan fingerprint density at radius 1 is 1.08 bits per heavy atom. The Kier molecular flexibility index (Phi) is 8.57. The highest BCUT2D eigenvalue weighted by Gasteiger charge is 2.32. The lowest BCUT2D eigenvalue weighted by Crippen LogP contribution is -2.54. The fourth-order valence-electron chi connectivity index (χ4n) is 3.74. The highest BCUT2D eigenvalue weighted by Crippen LogP contribution is 2.36. The average molecular weight is 534 g/mol. The number of anilines is 1. The van der Waals surface area contributed by atoms with Crippen LogP contribution in [0.5, 0.6) is 17.2 Å². The minimum Gasteiger partial charge on any atom is -0.497 e. The number of hydrogen-bond acceptors (Lipinski definition) is 7. The van der Waals surface area contributed by atoms with E-state index in [0.717, 1.165) is 9.87 Å². The monoisotopic (exact) mass is 533 g/mol. The Balaban J connectivity index is 1.94. The van der Waals surface area contributed by atoms with Crippen molar-refractivity contribution in [3.05, 3.63) is 48.0 Å². The molecule has 2 amide bonds. The molecule has 1 N–H and O–H groups in total. The number of nitrogens with one attached hydrogen (secondary N) is 1. The van der Waals surface area contributed by atoms with Crippen LogP contribution in [-0.2, 0) is 26.2 Å². The van der Waals surface area contributed by atoms with Crippen LogP contribution in [0.25, 0.3) is 0 Å². The van der Waals surface area contributed by atoms with E-state index in [1.54, 1.807) is 50.4 Å². The lowest BCUT2D eigenvalue weighted by molar-refractivity contribution is -0.140. The second kappa shape index (κ2) is 11.3. The van der Waals surface area contributed by atoms with Gasteiger partial charge in [-0.05, 0) is 64.4 Å². The predicted molar refractivity (Wildman–Crippen MR) is 140 cm³/mol. The first kappa shape index (κ1) is 28.1. The first-order chi connectivity index (χ1) is 17.3. The van der Waals surface area contributed by atoms with Crippen LogP contribution in [0.1, 0.15) is 40.2 Å². The molecule has 11 heteroatoms. The van der Waals surface area contributed by atoms with E-state index >= 15 is 0 Å². The van der Waals surface area contributed by atoms with Gasteiger partial charge in [-0.1, -0.05) is 12.1 Å². The molecule has 0 fully saturated rings. The zero-order chi connectivity index (χ0) is 27.4. The Labute approximate surface area is 218 Å². The quantitative estimate of drug-likeness (QED) is 0.499. The molecular formula is C26H35N3O7S. The summed E-state index contributed by atoms with van der Waals surface area (Å²) in [6.45, 7) is 8.33. The normalized spacial score (nSPS) is 13.6. The van der Waals surface area contributed by atoms with E-state index in [1.807, 2.05) is 20.8 Å². The van der Waals surface area contributed by atoms with Gasteiger partial charge in [0.2, 0.25) is 28.6 Å². The van der Waals surface area contributed by atoms with Crippen LogP contribution < -0.4 is 23.8 Å². The summed E-state index contributed by atoms with van der Waals surface area (Å²) in [6.07, 6.45) is 0. The lowest BCUT2D eigenvalue weighted by atomic mass is 10.1. The van der Waals surface area contributed by atoms with Crippen LogP contribution in [0.2, 0.25) is 0 Å². The zero-order valence-electron chi connectivity index (χ0n) is 22.1. The van der Waals surface area contributed by atoms with Crippen LogP contribution in [0, 0.1) is 0 Å². The molecule has 10 nitrogen and oxygen atoms in total. The molecule has 0 radical (unpaired) electrons. The van der Waals surface area contributed by atoms with Gasteiger partial charge in [0.25, 0.3) is 0 Å². The van der Waals surface area contributed by atoms with Crippen LogP contribution in [0.15, 0.2) is 42.5 Å². The Morgan fingerprint density at radius 2 is 1.73 bits per heavy atom. The van der Waals surface area contributed by atoms with Crippen molar-refractivity contribution < 1.29 is 32.2 Å². The number of amides is 2. The first-order valence-corrected chi connectivity index (χ1v) is 13.6. The molecule has 0 spiro atoms. The summed E-state index contributed by atoms with van der Waals surface area (Å²) in [7, 11) is -2.29. The molecule has 1 unspecified atom stereocenters.